The number of aromatic nitrogens is 3. The van der Waals surface area contributed by atoms with Crippen LogP contribution in [0.3, 0.4) is 0 Å². The van der Waals surface area contributed by atoms with Gasteiger partial charge in [-0.25, -0.2) is 4.68 Å². The molecule has 1 rings (SSSR count). The van der Waals surface area contributed by atoms with Crippen molar-refractivity contribution < 1.29 is 9.90 Å². The summed E-state index contributed by atoms with van der Waals surface area (Å²) in [7, 11) is 0. The zero-order valence-corrected chi connectivity index (χ0v) is 10.4. The van der Waals surface area contributed by atoms with Gasteiger partial charge in [0.2, 0.25) is 5.91 Å². The lowest BCUT2D eigenvalue weighted by molar-refractivity contribution is -0.121. The lowest BCUT2D eigenvalue weighted by Gasteiger charge is -2.04. The first-order valence-corrected chi connectivity index (χ1v) is 5.95. The summed E-state index contributed by atoms with van der Waals surface area (Å²) in [6.45, 7) is 4.93. The number of nitrogens with zero attached hydrogens (tertiary/aromatic N) is 3. The van der Waals surface area contributed by atoms with E-state index in [-0.39, 0.29) is 19.1 Å². The summed E-state index contributed by atoms with van der Waals surface area (Å²) in [6, 6.07) is 0. The Balaban J connectivity index is 2.54. The second kappa shape index (κ2) is 7.01. The van der Waals surface area contributed by atoms with E-state index in [9.17, 15) is 4.79 Å². The maximum Gasteiger partial charge on any atom is 0.241 e. The molecule has 0 saturated heterocycles. The summed E-state index contributed by atoms with van der Waals surface area (Å²) in [6.07, 6.45) is 2.28. The van der Waals surface area contributed by atoms with Gasteiger partial charge in [0.25, 0.3) is 0 Å². The zero-order chi connectivity index (χ0) is 12.7. The van der Waals surface area contributed by atoms with Gasteiger partial charge in [-0.2, -0.15) is 0 Å². The number of aliphatic hydroxyl groups is 1. The summed E-state index contributed by atoms with van der Waals surface area (Å²) in [5.41, 5.74) is 1.74. The van der Waals surface area contributed by atoms with Crippen molar-refractivity contribution in [2.45, 2.75) is 39.7 Å². The molecule has 1 amide bonds. The Morgan fingerprint density at radius 2 is 2.29 bits per heavy atom. The Kier molecular flexibility index (Phi) is 5.62. The van der Waals surface area contributed by atoms with E-state index in [0.717, 1.165) is 17.8 Å². The van der Waals surface area contributed by atoms with Crippen LogP contribution in [0.5, 0.6) is 0 Å². The van der Waals surface area contributed by atoms with Crippen LogP contribution in [0.15, 0.2) is 0 Å². The van der Waals surface area contributed by atoms with Crippen molar-refractivity contribution in [3.63, 3.8) is 0 Å². The second-order valence-corrected chi connectivity index (χ2v) is 3.96. The summed E-state index contributed by atoms with van der Waals surface area (Å²) in [5, 5.41) is 19.5. The fourth-order valence-corrected chi connectivity index (χ4v) is 1.48. The van der Waals surface area contributed by atoms with E-state index in [1.165, 1.54) is 0 Å². The highest BCUT2D eigenvalue weighted by Gasteiger charge is 2.10. The van der Waals surface area contributed by atoms with Crippen molar-refractivity contribution in [3.05, 3.63) is 11.4 Å². The molecule has 0 unspecified atom stereocenters. The molecule has 0 bridgehead atoms. The summed E-state index contributed by atoms with van der Waals surface area (Å²) >= 11 is 0. The highest BCUT2D eigenvalue weighted by molar-refractivity contribution is 5.75. The Morgan fingerprint density at radius 1 is 1.53 bits per heavy atom. The van der Waals surface area contributed by atoms with Gasteiger partial charge >= 0.3 is 0 Å². The van der Waals surface area contributed by atoms with Crippen LogP contribution >= 0.6 is 0 Å². The fourth-order valence-electron chi connectivity index (χ4n) is 1.48. The van der Waals surface area contributed by atoms with E-state index in [2.05, 4.69) is 15.6 Å². The number of carbonyl (C=O) groups is 1. The van der Waals surface area contributed by atoms with Crippen LogP contribution in [0.1, 0.15) is 31.2 Å². The molecule has 0 fully saturated rings. The van der Waals surface area contributed by atoms with Gasteiger partial charge in [-0.05, 0) is 26.2 Å². The Bertz CT molecular complexity index is 362. The van der Waals surface area contributed by atoms with Crippen molar-refractivity contribution >= 4 is 5.91 Å². The number of hydrogen-bond acceptors (Lipinski definition) is 4. The number of aryl methyl sites for hydroxylation is 1. The van der Waals surface area contributed by atoms with Gasteiger partial charge in [0.05, 0.1) is 11.4 Å². The third kappa shape index (κ3) is 4.14. The highest BCUT2D eigenvalue weighted by Crippen LogP contribution is 2.05. The topological polar surface area (TPSA) is 80.0 Å². The van der Waals surface area contributed by atoms with E-state index in [1.807, 2.05) is 13.8 Å². The van der Waals surface area contributed by atoms with Crippen LogP contribution in [0, 0.1) is 6.92 Å². The zero-order valence-electron chi connectivity index (χ0n) is 10.4. The van der Waals surface area contributed by atoms with Crippen molar-refractivity contribution in [1.82, 2.24) is 20.3 Å². The molecule has 96 valence electrons. The van der Waals surface area contributed by atoms with Gasteiger partial charge in [-0.1, -0.05) is 12.1 Å². The van der Waals surface area contributed by atoms with Crippen molar-refractivity contribution in [1.29, 1.82) is 0 Å². The second-order valence-electron chi connectivity index (χ2n) is 3.96. The predicted molar refractivity (Wildman–Crippen MR) is 63.5 cm³/mol. The fraction of sp³-hybridized carbons (Fsp3) is 0.727. The first kappa shape index (κ1) is 13.6. The molecule has 0 spiro atoms. The molecular weight excluding hydrogens is 220 g/mol. The molecule has 1 aromatic rings. The van der Waals surface area contributed by atoms with E-state index >= 15 is 0 Å². The number of amides is 1. The number of nitrogens with one attached hydrogen (secondary N) is 1. The number of aliphatic hydroxyl groups excluding tert-OH is 1. The number of rotatable bonds is 7. The molecule has 0 aliphatic rings. The highest BCUT2D eigenvalue weighted by atomic mass is 16.2. The smallest absolute Gasteiger partial charge is 0.241 e. The molecule has 0 aliphatic carbocycles. The quantitative estimate of drug-likeness (QED) is 0.705. The molecule has 6 nitrogen and oxygen atoms in total. The molecule has 0 aromatic carbocycles. The van der Waals surface area contributed by atoms with Gasteiger partial charge < -0.3 is 10.4 Å². The lowest BCUT2D eigenvalue weighted by Crippen LogP contribution is -2.28. The molecular formula is C11H20N4O2. The molecule has 17 heavy (non-hydrogen) atoms. The molecule has 1 aromatic heterocycles. The minimum absolute atomic E-state index is 0.0476. The third-order valence-electron chi connectivity index (χ3n) is 2.52. The standard InChI is InChI=1S/C11H20N4O2/c1-3-6-12-11(17)8-15-9(2)10(13-14-15)5-4-7-16/h16H,3-8H2,1-2H3,(H,12,17). The molecule has 0 aliphatic heterocycles. The summed E-state index contributed by atoms with van der Waals surface area (Å²) in [4.78, 5) is 11.5. The predicted octanol–water partition coefficient (Wildman–Crippen LogP) is 0.0376. The lowest BCUT2D eigenvalue weighted by atomic mass is 10.2. The average molecular weight is 240 g/mol. The van der Waals surface area contributed by atoms with Crippen molar-refractivity contribution in [2.75, 3.05) is 13.2 Å². The van der Waals surface area contributed by atoms with Crippen molar-refractivity contribution in [2.24, 2.45) is 0 Å². The van der Waals surface area contributed by atoms with E-state index in [0.29, 0.717) is 19.4 Å². The van der Waals surface area contributed by atoms with Gasteiger partial charge in [0, 0.05) is 13.2 Å². The minimum Gasteiger partial charge on any atom is -0.396 e. The largest absolute Gasteiger partial charge is 0.396 e. The van der Waals surface area contributed by atoms with Gasteiger partial charge in [-0.3, -0.25) is 4.79 Å². The summed E-state index contributed by atoms with van der Waals surface area (Å²) in [5.74, 6) is -0.0476. The van der Waals surface area contributed by atoms with Crippen LogP contribution in [0.25, 0.3) is 0 Å². The maximum atomic E-state index is 11.5. The number of hydrogen-bond donors (Lipinski definition) is 2. The minimum atomic E-state index is -0.0476. The Hall–Kier alpha value is -1.43. The SMILES string of the molecule is CCCNC(=O)Cn1nnc(CCCO)c1C. The van der Waals surface area contributed by atoms with Gasteiger partial charge in [-0.15, -0.1) is 5.10 Å². The normalized spacial score (nSPS) is 10.5. The molecule has 0 saturated carbocycles. The third-order valence-corrected chi connectivity index (χ3v) is 2.52. The monoisotopic (exact) mass is 240 g/mol. The molecule has 0 radical (unpaired) electrons. The van der Waals surface area contributed by atoms with Gasteiger partial charge in [0.1, 0.15) is 6.54 Å². The molecule has 6 heteroatoms. The summed E-state index contributed by atoms with van der Waals surface area (Å²) < 4.78 is 1.59. The van der Waals surface area contributed by atoms with Crippen LogP contribution in [0.2, 0.25) is 0 Å². The average Bonchev–Trinajstić information content (AvgIpc) is 2.66. The van der Waals surface area contributed by atoms with E-state index in [1.54, 1.807) is 4.68 Å². The first-order chi connectivity index (χ1) is 8.19. The Morgan fingerprint density at radius 3 is 2.94 bits per heavy atom. The van der Waals surface area contributed by atoms with Crippen LogP contribution in [-0.4, -0.2) is 39.2 Å². The maximum absolute atomic E-state index is 11.5. The van der Waals surface area contributed by atoms with E-state index < -0.39 is 0 Å². The van der Waals surface area contributed by atoms with Crippen molar-refractivity contribution in [3.8, 4) is 0 Å². The van der Waals surface area contributed by atoms with Crippen LogP contribution in [0.4, 0.5) is 0 Å². The van der Waals surface area contributed by atoms with Crippen LogP contribution in [-0.2, 0) is 17.8 Å². The molecule has 0 atom stereocenters. The molecule has 2 N–H and O–H groups in total. The van der Waals surface area contributed by atoms with Gasteiger partial charge in [0.15, 0.2) is 0 Å². The van der Waals surface area contributed by atoms with E-state index in [4.69, 9.17) is 5.11 Å². The Labute approximate surface area is 101 Å². The van der Waals surface area contributed by atoms with Crippen LogP contribution < -0.4 is 5.32 Å². The first-order valence-electron chi connectivity index (χ1n) is 5.95. The molecule has 1 heterocycles. The number of carbonyl (C=O) groups excluding carboxylic acids is 1.